The highest BCUT2D eigenvalue weighted by Crippen LogP contribution is 2.16. The molecule has 1 amide bonds. The van der Waals surface area contributed by atoms with E-state index in [4.69, 9.17) is 0 Å². The maximum absolute atomic E-state index is 12.3. The molecule has 4 N–H and O–H groups in total. The van der Waals surface area contributed by atoms with Gasteiger partial charge in [0.15, 0.2) is 0 Å². The molecule has 5 heteroatoms. The second-order valence-corrected chi connectivity index (χ2v) is 12.4. The maximum Gasteiger partial charge on any atom is 0.220 e. The van der Waals surface area contributed by atoms with Crippen LogP contribution in [0.25, 0.3) is 0 Å². The highest BCUT2D eigenvalue weighted by atomic mass is 16.3. The Labute approximate surface area is 249 Å². The average molecular weight is 570 g/mol. The molecule has 0 aromatic rings. The van der Waals surface area contributed by atoms with E-state index in [1.807, 2.05) is 0 Å². The highest BCUT2D eigenvalue weighted by Gasteiger charge is 2.26. The van der Waals surface area contributed by atoms with Crippen molar-refractivity contribution in [2.75, 3.05) is 6.61 Å². The largest absolute Gasteiger partial charge is 0.394 e. The molecule has 0 aliphatic carbocycles. The number of hydrogen-bond acceptors (Lipinski definition) is 4. The summed E-state index contributed by atoms with van der Waals surface area (Å²) in [6.45, 7) is 4.15. The van der Waals surface area contributed by atoms with Crippen molar-refractivity contribution in [3.8, 4) is 0 Å². The van der Waals surface area contributed by atoms with Gasteiger partial charge in [0.2, 0.25) is 5.91 Å². The molecule has 0 spiro atoms. The van der Waals surface area contributed by atoms with Crippen molar-refractivity contribution < 1.29 is 20.1 Å². The Morgan fingerprint density at radius 3 is 1.20 bits per heavy atom. The predicted octanol–water partition coefficient (Wildman–Crippen LogP) is 9.15. The minimum atomic E-state index is -1.13. The number of amides is 1. The lowest BCUT2D eigenvalue weighted by atomic mass is 9.99. The molecule has 0 aromatic carbocycles. The molecule has 0 saturated heterocycles. The fourth-order valence-corrected chi connectivity index (χ4v) is 5.63. The van der Waals surface area contributed by atoms with E-state index < -0.39 is 18.2 Å². The lowest BCUT2D eigenvalue weighted by Gasteiger charge is -2.26. The SMILES string of the molecule is CCCCCCCCCCCCCCCCCCC(=O)NC(CO)C(O)C(O)CCCCCCCCCCCC. The molecular weight excluding hydrogens is 498 g/mol. The van der Waals surface area contributed by atoms with Crippen molar-refractivity contribution in [2.45, 2.75) is 212 Å². The second-order valence-electron chi connectivity index (χ2n) is 12.4. The number of aliphatic hydroxyl groups excluding tert-OH is 3. The van der Waals surface area contributed by atoms with E-state index in [-0.39, 0.29) is 12.5 Å². The Morgan fingerprint density at radius 2 is 0.850 bits per heavy atom. The molecule has 0 aliphatic heterocycles. The molecule has 240 valence electrons. The Morgan fingerprint density at radius 1 is 0.525 bits per heavy atom. The van der Waals surface area contributed by atoms with Crippen molar-refractivity contribution in [1.82, 2.24) is 5.32 Å². The number of unbranched alkanes of at least 4 members (excludes halogenated alkanes) is 24. The van der Waals surface area contributed by atoms with Gasteiger partial charge in [-0.3, -0.25) is 4.79 Å². The van der Waals surface area contributed by atoms with Gasteiger partial charge in [0.05, 0.1) is 18.8 Å². The molecular formula is C35H71NO4. The van der Waals surface area contributed by atoms with Gasteiger partial charge >= 0.3 is 0 Å². The van der Waals surface area contributed by atoms with Gasteiger partial charge in [-0.25, -0.2) is 0 Å². The zero-order valence-corrected chi connectivity index (χ0v) is 27.0. The Balaban J connectivity index is 3.65. The van der Waals surface area contributed by atoms with Gasteiger partial charge in [0.1, 0.15) is 6.10 Å². The van der Waals surface area contributed by atoms with Gasteiger partial charge in [0, 0.05) is 6.42 Å². The molecule has 5 nitrogen and oxygen atoms in total. The van der Waals surface area contributed by atoms with Crippen LogP contribution in [0.5, 0.6) is 0 Å². The summed E-state index contributed by atoms with van der Waals surface area (Å²) in [5.74, 6) is -0.144. The first-order valence-electron chi connectivity index (χ1n) is 17.8. The third-order valence-corrected chi connectivity index (χ3v) is 8.46. The smallest absolute Gasteiger partial charge is 0.220 e. The third-order valence-electron chi connectivity index (χ3n) is 8.46. The number of carbonyl (C=O) groups is 1. The van der Waals surface area contributed by atoms with Crippen LogP contribution in [0.4, 0.5) is 0 Å². The minimum Gasteiger partial charge on any atom is -0.394 e. The maximum atomic E-state index is 12.3. The first kappa shape index (κ1) is 39.4. The van der Waals surface area contributed by atoms with Crippen LogP contribution in [0.15, 0.2) is 0 Å². The zero-order valence-electron chi connectivity index (χ0n) is 27.0. The Hall–Kier alpha value is -0.650. The van der Waals surface area contributed by atoms with Gasteiger partial charge in [-0.2, -0.15) is 0 Å². The quantitative estimate of drug-likeness (QED) is 0.0608. The normalized spacial score (nSPS) is 13.8. The molecule has 0 saturated carbocycles. The third kappa shape index (κ3) is 26.3. The number of rotatable bonds is 32. The van der Waals surface area contributed by atoms with E-state index in [9.17, 15) is 20.1 Å². The highest BCUT2D eigenvalue weighted by molar-refractivity contribution is 5.76. The molecule has 3 unspecified atom stereocenters. The monoisotopic (exact) mass is 570 g/mol. The number of nitrogens with one attached hydrogen (secondary N) is 1. The van der Waals surface area contributed by atoms with E-state index in [1.165, 1.54) is 128 Å². The molecule has 0 aromatic heterocycles. The molecule has 0 bridgehead atoms. The summed E-state index contributed by atoms with van der Waals surface area (Å²) in [6, 6.07) is -0.799. The van der Waals surface area contributed by atoms with Crippen LogP contribution < -0.4 is 5.32 Å². The first-order chi connectivity index (χ1) is 19.6. The minimum absolute atomic E-state index is 0.144. The van der Waals surface area contributed by atoms with Crippen LogP contribution >= 0.6 is 0 Å². The van der Waals surface area contributed by atoms with Crippen LogP contribution in [0.2, 0.25) is 0 Å². The van der Waals surface area contributed by atoms with Gasteiger partial charge in [-0.05, 0) is 12.8 Å². The summed E-state index contributed by atoms with van der Waals surface area (Å²) in [4.78, 5) is 12.3. The van der Waals surface area contributed by atoms with E-state index in [2.05, 4.69) is 19.2 Å². The van der Waals surface area contributed by atoms with Crippen molar-refractivity contribution in [2.24, 2.45) is 0 Å². The van der Waals surface area contributed by atoms with Crippen molar-refractivity contribution in [3.63, 3.8) is 0 Å². The molecule has 0 radical (unpaired) electrons. The number of aliphatic hydroxyl groups is 3. The summed E-state index contributed by atoms with van der Waals surface area (Å²) in [7, 11) is 0. The standard InChI is InChI=1S/C35H71NO4/c1-3-5-7-9-11-13-15-16-17-18-19-20-22-24-26-28-30-34(39)36-32(31-37)35(40)33(38)29-27-25-23-21-14-12-10-8-6-4-2/h32-33,35,37-38,40H,3-31H2,1-2H3,(H,36,39). The molecule has 0 fully saturated rings. The lowest BCUT2D eigenvalue weighted by Crippen LogP contribution is -2.50. The molecule has 0 rings (SSSR count). The fraction of sp³-hybridized carbons (Fsp3) is 0.971. The summed E-state index contributed by atoms with van der Waals surface area (Å²) in [5, 5.41) is 33.2. The number of hydrogen-bond donors (Lipinski definition) is 4. The van der Waals surface area contributed by atoms with Crippen LogP contribution in [-0.4, -0.2) is 46.1 Å². The first-order valence-corrected chi connectivity index (χ1v) is 17.8. The van der Waals surface area contributed by atoms with Gasteiger partial charge in [0.25, 0.3) is 0 Å². The van der Waals surface area contributed by atoms with Crippen LogP contribution in [0, 0.1) is 0 Å². The Bertz CT molecular complexity index is 516. The summed E-state index contributed by atoms with van der Waals surface area (Å²) < 4.78 is 0. The van der Waals surface area contributed by atoms with E-state index >= 15 is 0 Å². The second kappa shape index (κ2) is 31.3. The zero-order chi connectivity index (χ0) is 29.5. The summed E-state index contributed by atoms with van der Waals surface area (Å²) in [6.07, 6.45) is 31.9. The number of carbonyl (C=O) groups excluding carboxylic acids is 1. The van der Waals surface area contributed by atoms with Crippen molar-refractivity contribution >= 4 is 5.91 Å². The van der Waals surface area contributed by atoms with E-state index in [0.717, 1.165) is 38.5 Å². The molecule has 40 heavy (non-hydrogen) atoms. The topological polar surface area (TPSA) is 89.8 Å². The van der Waals surface area contributed by atoms with Crippen molar-refractivity contribution in [1.29, 1.82) is 0 Å². The van der Waals surface area contributed by atoms with Gasteiger partial charge in [-0.15, -0.1) is 0 Å². The van der Waals surface area contributed by atoms with Crippen molar-refractivity contribution in [3.05, 3.63) is 0 Å². The summed E-state index contributed by atoms with van der Waals surface area (Å²) >= 11 is 0. The van der Waals surface area contributed by atoms with Crippen LogP contribution in [0.3, 0.4) is 0 Å². The average Bonchev–Trinajstić information content (AvgIpc) is 2.96. The molecule has 0 aliphatic rings. The van der Waals surface area contributed by atoms with Gasteiger partial charge < -0.3 is 20.6 Å². The lowest BCUT2D eigenvalue weighted by molar-refractivity contribution is -0.124. The fourth-order valence-electron chi connectivity index (χ4n) is 5.63. The molecule has 3 atom stereocenters. The van der Waals surface area contributed by atoms with E-state index in [1.54, 1.807) is 0 Å². The predicted molar refractivity (Wildman–Crippen MR) is 172 cm³/mol. The summed E-state index contributed by atoms with van der Waals surface area (Å²) in [5.41, 5.74) is 0. The van der Waals surface area contributed by atoms with E-state index in [0.29, 0.717) is 12.8 Å². The van der Waals surface area contributed by atoms with Crippen LogP contribution in [0.1, 0.15) is 194 Å². The van der Waals surface area contributed by atoms with Gasteiger partial charge in [-0.1, -0.05) is 174 Å². The van der Waals surface area contributed by atoms with Crippen LogP contribution in [-0.2, 0) is 4.79 Å². The molecule has 0 heterocycles. The Kier molecular flexibility index (Phi) is 30.8.